The molecule has 7 rings (SSSR count). The Balaban J connectivity index is 1.07. The molecule has 228 valence electrons. The van der Waals surface area contributed by atoms with E-state index in [1.54, 1.807) is 26.0 Å². The van der Waals surface area contributed by atoms with Crippen LogP contribution in [0.3, 0.4) is 0 Å². The molecule has 12 heteroatoms. The lowest BCUT2D eigenvalue weighted by Crippen LogP contribution is -2.44. The minimum absolute atomic E-state index is 0.144. The number of benzene rings is 1. The Bertz CT molecular complexity index is 1740. The molecule has 1 aromatic carbocycles. The minimum Gasteiger partial charge on any atom is -0.507 e. The standard InChI is InChI=1S/C32H37N9O3/c1-32(2,30(43)44)18-39-11-9-19(10-12-39)20-16-34-31(35-17-20)40-21-7-8-22(40)14-23(13-21)41-26-15-25(24-5-3-4-6-27(24)42)36-37-28(26)29(33)38-41/h3-6,9,15-17,21-23,42H,7-8,10-14,18H2,1-2H3,(H2,33,38)(H,43,44). The van der Waals surface area contributed by atoms with Gasteiger partial charge in [0, 0.05) is 55.2 Å². The van der Waals surface area contributed by atoms with Gasteiger partial charge in [-0.1, -0.05) is 18.2 Å². The zero-order valence-electron chi connectivity index (χ0n) is 25.0. The fourth-order valence-electron chi connectivity index (χ4n) is 7.09. The van der Waals surface area contributed by atoms with Crippen molar-refractivity contribution in [1.82, 2.24) is 34.8 Å². The number of anilines is 2. The number of carboxylic acid groups (broad SMARTS) is 1. The van der Waals surface area contributed by atoms with Crippen LogP contribution in [-0.2, 0) is 4.79 Å². The predicted molar refractivity (Wildman–Crippen MR) is 167 cm³/mol. The monoisotopic (exact) mass is 595 g/mol. The largest absolute Gasteiger partial charge is 0.507 e. The lowest BCUT2D eigenvalue weighted by atomic mass is 9.92. The van der Waals surface area contributed by atoms with E-state index >= 15 is 0 Å². The molecular formula is C32H37N9O3. The summed E-state index contributed by atoms with van der Waals surface area (Å²) in [4.78, 5) is 25.7. The Labute approximate surface area is 255 Å². The maximum atomic E-state index is 11.5. The number of aliphatic carboxylic acids is 1. The van der Waals surface area contributed by atoms with Gasteiger partial charge in [-0.05, 0) is 69.7 Å². The number of piperidine rings is 1. The number of para-hydroxylation sites is 1. The summed E-state index contributed by atoms with van der Waals surface area (Å²) in [5, 5.41) is 33.2. The summed E-state index contributed by atoms with van der Waals surface area (Å²) in [6.45, 7) is 5.59. The molecule has 2 atom stereocenters. The van der Waals surface area contributed by atoms with E-state index in [2.05, 4.69) is 26.1 Å². The van der Waals surface area contributed by atoms with Gasteiger partial charge < -0.3 is 20.8 Å². The number of phenolic OH excluding ortho intramolecular Hbond substituents is 1. The first-order chi connectivity index (χ1) is 21.2. The topological polar surface area (TPSA) is 159 Å². The first kappa shape index (κ1) is 28.2. The quantitative estimate of drug-likeness (QED) is 0.282. The number of rotatable bonds is 7. The molecule has 0 saturated carbocycles. The van der Waals surface area contributed by atoms with Gasteiger partial charge in [0.05, 0.1) is 22.7 Å². The number of nitrogen functional groups attached to an aromatic ring is 1. The first-order valence-electron chi connectivity index (χ1n) is 15.2. The van der Waals surface area contributed by atoms with Gasteiger partial charge in [0.15, 0.2) is 11.3 Å². The van der Waals surface area contributed by atoms with Crippen LogP contribution in [0.5, 0.6) is 5.75 Å². The van der Waals surface area contributed by atoms with Crippen LogP contribution in [0.2, 0.25) is 0 Å². The summed E-state index contributed by atoms with van der Waals surface area (Å²) >= 11 is 0. The number of aromatic hydroxyl groups is 1. The molecule has 3 aliphatic heterocycles. The van der Waals surface area contributed by atoms with Crippen LogP contribution >= 0.6 is 0 Å². The van der Waals surface area contributed by atoms with Gasteiger partial charge >= 0.3 is 5.97 Å². The van der Waals surface area contributed by atoms with Gasteiger partial charge in [-0.2, -0.15) is 5.10 Å². The van der Waals surface area contributed by atoms with Crippen LogP contribution in [0.15, 0.2) is 48.8 Å². The predicted octanol–water partition coefficient (Wildman–Crippen LogP) is 4.14. The van der Waals surface area contributed by atoms with Crippen molar-refractivity contribution in [2.45, 2.75) is 64.1 Å². The molecule has 0 amide bonds. The molecule has 12 nitrogen and oxygen atoms in total. The average molecular weight is 596 g/mol. The number of carboxylic acids is 1. The highest BCUT2D eigenvalue weighted by atomic mass is 16.4. The zero-order chi connectivity index (χ0) is 30.6. The maximum absolute atomic E-state index is 11.5. The van der Waals surface area contributed by atoms with Gasteiger partial charge in [0.1, 0.15) is 5.75 Å². The van der Waals surface area contributed by atoms with Crippen molar-refractivity contribution in [1.29, 1.82) is 0 Å². The molecule has 6 heterocycles. The molecule has 2 fully saturated rings. The van der Waals surface area contributed by atoms with Crippen molar-refractivity contribution in [2.75, 3.05) is 30.3 Å². The van der Waals surface area contributed by atoms with E-state index in [-0.39, 0.29) is 23.9 Å². The summed E-state index contributed by atoms with van der Waals surface area (Å²) in [5.41, 5.74) is 10.3. The lowest BCUT2D eigenvalue weighted by molar-refractivity contribution is -0.147. The van der Waals surface area contributed by atoms with E-state index in [9.17, 15) is 15.0 Å². The number of carbonyl (C=O) groups is 1. The number of hydrogen-bond donors (Lipinski definition) is 3. The number of nitrogens with two attached hydrogens (primary N) is 1. The summed E-state index contributed by atoms with van der Waals surface area (Å²) < 4.78 is 2.01. The maximum Gasteiger partial charge on any atom is 0.310 e. The Morgan fingerprint density at radius 2 is 1.80 bits per heavy atom. The van der Waals surface area contributed by atoms with Crippen molar-refractivity contribution in [2.24, 2.45) is 5.41 Å². The SMILES string of the molecule is CC(C)(CN1CC=C(c2cnc(N3C4CCC3CC(n3nc(N)c5nnc(-c6ccccc6O)cc53)C4)nc2)CC1)C(=O)O. The molecule has 3 aromatic heterocycles. The summed E-state index contributed by atoms with van der Waals surface area (Å²) in [5.74, 6) is 0.498. The summed E-state index contributed by atoms with van der Waals surface area (Å²) in [6.07, 6.45) is 10.8. The van der Waals surface area contributed by atoms with Crippen LogP contribution < -0.4 is 10.6 Å². The van der Waals surface area contributed by atoms with Crippen molar-refractivity contribution >= 4 is 34.3 Å². The zero-order valence-corrected chi connectivity index (χ0v) is 25.0. The van der Waals surface area contributed by atoms with E-state index in [1.165, 1.54) is 5.57 Å². The van der Waals surface area contributed by atoms with Crippen molar-refractivity contribution in [3.63, 3.8) is 0 Å². The average Bonchev–Trinajstić information content (AvgIpc) is 3.49. The molecule has 0 radical (unpaired) electrons. The summed E-state index contributed by atoms with van der Waals surface area (Å²) in [6, 6.07) is 9.74. The van der Waals surface area contributed by atoms with Crippen LogP contribution in [0.25, 0.3) is 27.9 Å². The fourth-order valence-corrected chi connectivity index (χ4v) is 7.09. The van der Waals surface area contributed by atoms with E-state index in [0.29, 0.717) is 29.1 Å². The molecular weight excluding hydrogens is 558 g/mol. The smallest absolute Gasteiger partial charge is 0.310 e. The van der Waals surface area contributed by atoms with E-state index in [0.717, 1.165) is 62.2 Å². The molecule has 2 unspecified atom stereocenters. The van der Waals surface area contributed by atoms with Gasteiger partial charge in [-0.15, -0.1) is 10.2 Å². The van der Waals surface area contributed by atoms with Crippen LogP contribution in [0.1, 0.15) is 57.6 Å². The second-order valence-corrected chi connectivity index (χ2v) is 12.9. The molecule has 2 saturated heterocycles. The van der Waals surface area contributed by atoms with E-state index in [4.69, 9.17) is 20.8 Å². The van der Waals surface area contributed by atoms with Crippen LogP contribution in [0.4, 0.5) is 11.8 Å². The fraction of sp³-hybridized carbons (Fsp3) is 0.438. The highest BCUT2D eigenvalue weighted by Gasteiger charge is 2.43. The second-order valence-electron chi connectivity index (χ2n) is 12.9. The van der Waals surface area contributed by atoms with Crippen molar-refractivity contribution in [3.8, 4) is 17.0 Å². The first-order valence-corrected chi connectivity index (χ1v) is 15.2. The normalized spacial score (nSPS) is 22.4. The molecule has 3 aliphatic rings. The highest BCUT2D eigenvalue weighted by molar-refractivity contribution is 5.87. The number of aromatic nitrogens is 6. The third-order valence-electron chi connectivity index (χ3n) is 9.44. The third-order valence-corrected chi connectivity index (χ3v) is 9.44. The summed E-state index contributed by atoms with van der Waals surface area (Å²) in [7, 11) is 0. The van der Waals surface area contributed by atoms with Gasteiger partial charge in [0.2, 0.25) is 5.95 Å². The van der Waals surface area contributed by atoms with E-state index < -0.39 is 11.4 Å². The molecule has 0 aliphatic carbocycles. The van der Waals surface area contributed by atoms with Gasteiger partial charge in [-0.25, -0.2) is 9.97 Å². The second kappa shape index (κ2) is 10.8. The third kappa shape index (κ3) is 5.02. The van der Waals surface area contributed by atoms with Crippen LogP contribution in [0, 0.1) is 5.41 Å². The Morgan fingerprint density at radius 1 is 1.07 bits per heavy atom. The number of phenols is 1. The molecule has 4 aromatic rings. The number of hydrogen-bond acceptors (Lipinski definition) is 10. The molecule has 4 N–H and O–H groups in total. The van der Waals surface area contributed by atoms with Crippen LogP contribution in [-0.4, -0.2) is 82.7 Å². The van der Waals surface area contributed by atoms with E-state index in [1.807, 2.05) is 35.3 Å². The molecule has 44 heavy (non-hydrogen) atoms. The Hall–Kier alpha value is -4.58. The molecule has 0 spiro atoms. The lowest BCUT2D eigenvalue weighted by Gasteiger charge is -2.39. The number of nitrogens with zero attached hydrogens (tertiary/aromatic N) is 8. The minimum atomic E-state index is -0.775. The number of fused-ring (bicyclic) bond motifs is 3. The molecule has 2 bridgehead atoms. The Morgan fingerprint density at radius 3 is 2.45 bits per heavy atom. The Kier molecular flexibility index (Phi) is 6.95. The van der Waals surface area contributed by atoms with Crippen molar-refractivity contribution < 1.29 is 15.0 Å². The van der Waals surface area contributed by atoms with Gasteiger partial charge in [-0.3, -0.25) is 14.4 Å². The highest BCUT2D eigenvalue weighted by Crippen LogP contribution is 2.43. The van der Waals surface area contributed by atoms with Gasteiger partial charge in [0.25, 0.3) is 0 Å². The van der Waals surface area contributed by atoms with Crippen molar-refractivity contribution in [3.05, 3.63) is 54.4 Å².